The van der Waals surface area contributed by atoms with Crippen LogP contribution in [0.1, 0.15) is 50.4 Å². The average molecular weight is 507 g/mol. The van der Waals surface area contributed by atoms with Gasteiger partial charge in [-0.15, -0.1) is 0 Å². The highest BCUT2D eigenvalue weighted by molar-refractivity contribution is 7.07. The van der Waals surface area contributed by atoms with E-state index >= 15 is 0 Å². The number of benzene rings is 2. The third kappa shape index (κ3) is 4.99. The third-order valence-electron chi connectivity index (χ3n) is 5.82. The lowest BCUT2D eigenvalue weighted by Gasteiger charge is -2.25. The molecule has 4 rings (SSSR count). The molecule has 8 heteroatoms. The number of hydrogen-bond acceptors (Lipinski definition) is 7. The molecule has 188 valence electrons. The summed E-state index contributed by atoms with van der Waals surface area (Å²) >= 11 is 1.29. The van der Waals surface area contributed by atoms with Gasteiger partial charge in [0.2, 0.25) is 0 Å². The molecule has 0 bridgehead atoms. The molecule has 0 amide bonds. The van der Waals surface area contributed by atoms with Crippen molar-refractivity contribution in [3.8, 4) is 11.5 Å². The Morgan fingerprint density at radius 1 is 1.17 bits per heavy atom. The number of carbonyl (C=O) groups excluding carboxylic acids is 1. The van der Waals surface area contributed by atoms with E-state index in [9.17, 15) is 9.59 Å². The fraction of sp³-hybridized carbons (Fsp3) is 0.321. The zero-order chi connectivity index (χ0) is 26.0. The van der Waals surface area contributed by atoms with Crippen LogP contribution in [-0.4, -0.2) is 30.4 Å². The molecule has 2 heterocycles. The Balaban J connectivity index is 1.90. The van der Waals surface area contributed by atoms with Crippen molar-refractivity contribution in [1.82, 2.24) is 4.57 Å². The number of thiazole rings is 1. The van der Waals surface area contributed by atoms with Gasteiger partial charge < -0.3 is 14.2 Å². The lowest BCUT2D eigenvalue weighted by atomic mass is 9.96. The molecule has 1 aliphatic rings. The van der Waals surface area contributed by atoms with Gasteiger partial charge in [0.15, 0.2) is 4.80 Å². The standard InChI is InChI=1S/C28H30N2O5S/c1-7-34-21-12-10-20(11-13-21)25-24(27(32)35-16(2)3)18(5)29-28-30(25)26(31)23(36-28)15-19-9-8-17(4)22(14-19)33-6/h8-16,25H,7H2,1-6H3/b23-15+/t25-/m0/s1. The van der Waals surface area contributed by atoms with Crippen LogP contribution in [-0.2, 0) is 9.53 Å². The topological polar surface area (TPSA) is 79.1 Å². The summed E-state index contributed by atoms with van der Waals surface area (Å²) in [5.41, 5.74) is 3.28. The van der Waals surface area contributed by atoms with Crippen LogP contribution in [0, 0.1) is 6.92 Å². The summed E-state index contributed by atoms with van der Waals surface area (Å²) in [5.74, 6) is 0.982. The number of aromatic nitrogens is 1. The Labute approximate surface area is 214 Å². The highest BCUT2D eigenvalue weighted by Crippen LogP contribution is 2.32. The largest absolute Gasteiger partial charge is 0.496 e. The number of hydrogen-bond donors (Lipinski definition) is 0. The maximum atomic E-state index is 13.7. The van der Waals surface area contributed by atoms with Crippen molar-refractivity contribution < 1.29 is 19.0 Å². The molecule has 1 atom stereocenters. The molecule has 2 aromatic carbocycles. The molecular formula is C28H30N2O5S. The Morgan fingerprint density at radius 2 is 1.89 bits per heavy atom. The van der Waals surface area contributed by atoms with Crippen LogP contribution in [0.25, 0.3) is 6.08 Å². The molecule has 36 heavy (non-hydrogen) atoms. The van der Waals surface area contributed by atoms with E-state index in [1.165, 1.54) is 11.3 Å². The van der Waals surface area contributed by atoms with Crippen molar-refractivity contribution >= 4 is 23.4 Å². The number of ether oxygens (including phenoxy) is 3. The molecule has 0 saturated carbocycles. The first-order valence-corrected chi connectivity index (χ1v) is 12.7. The summed E-state index contributed by atoms with van der Waals surface area (Å²) in [6, 6.07) is 12.6. The highest BCUT2D eigenvalue weighted by Gasteiger charge is 2.33. The Morgan fingerprint density at radius 3 is 2.53 bits per heavy atom. The monoisotopic (exact) mass is 506 g/mol. The minimum atomic E-state index is -0.669. The van der Waals surface area contributed by atoms with E-state index in [4.69, 9.17) is 14.2 Å². The number of esters is 1. The molecule has 3 aromatic rings. The van der Waals surface area contributed by atoms with E-state index in [2.05, 4.69) is 4.99 Å². The van der Waals surface area contributed by atoms with Crippen LogP contribution in [0.3, 0.4) is 0 Å². The van der Waals surface area contributed by atoms with E-state index < -0.39 is 12.0 Å². The predicted octanol–water partition coefficient (Wildman–Crippen LogP) is 3.90. The van der Waals surface area contributed by atoms with Crippen LogP contribution in [0.15, 0.2) is 63.5 Å². The predicted molar refractivity (Wildman–Crippen MR) is 140 cm³/mol. The van der Waals surface area contributed by atoms with Crippen molar-refractivity contribution in [3.05, 3.63) is 90.1 Å². The summed E-state index contributed by atoms with van der Waals surface area (Å²) in [6.45, 7) is 9.80. The van der Waals surface area contributed by atoms with E-state index in [1.54, 1.807) is 32.4 Å². The number of methoxy groups -OCH3 is 1. The van der Waals surface area contributed by atoms with Gasteiger partial charge in [-0.25, -0.2) is 9.79 Å². The van der Waals surface area contributed by atoms with E-state index in [1.807, 2.05) is 62.4 Å². The Bertz CT molecular complexity index is 1500. The maximum Gasteiger partial charge on any atom is 0.338 e. The second-order valence-corrected chi connectivity index (χ2v) is 9.78. The van der Waals surface area contributed by atoms with Gasteiger partial charge in [-0.1, -0.05) is 35.6 Å². The van der Waals surface area contributed by atoms with Crippen LogP contribution in [0.5, 0.6) is 11.5 Å². The van der Waals surface area contributed by atoms with Crippen LogP contribution in [0.2, 0.25) is 0 Å². The SMILES string of the molecule is CCOc1ccc([C@H]2C(C(=O)OC(C)C)=C(C)N=c3s/c(=C/c4ccc(C)c(OC)c4)c(=O)n32)cc1. The van der Waals surface area contributed by atoms with Gasteiger partial charge in [0.1, 0.15) is 11.5 Å². The van der Waals surface area contributed by atoms with E-state index in [0.717, 1.165) is 22.4 Å². The molecule has 0 fully saturated rings. The van der Waals surface area contributed by atoms with E-state index in [0.29, 0.717) is 33.0 Å². The van der Waals surface area contributed by atoms with Crippen LogP contribution in [0.4, 0.5) is 0 Å². The first-order valence-electron chi connectivity index (χ1n) is 11.8. The first-order chi connectivity index (χ1) is 17.2. The third-order valence-corrected chi connectivity index (χ3v) is 6.80. The Kier molecular flexibility index (Phi) is 7.45. The summed E-state index contributed by atoms with van der Waals surface area (Å²) in [4.78, 5) is 32.1. The first kappa shape index (κ1) is 25.4. The smallest absolute Gasteiger partial charge is 0.338 e. The van der Waals surface area contributed by atoms with Gasteiger partial charge in [-0.3, -0.25) is 9.36 Å². The number of fused-ring (bicyclic) bond motifs is 1. The van der Waals surface area contributed by atoms with Gasteiger partial charge >= 0.3 is 5.97 Å². The summed E-state index contributed by atoms with van der Waals surface area (Å²) in [5, 5.41) is 0. The molecule has 1 aromatic heterocycles. The second kappa shape index (κ2) is 10.5. The number of carbonyl (C=O) groups is 1. The van der Waals surface area contributed by atoms with Gasteiger partial charge in [-0.2, -0.15) is 0 Å². The van der Waals surface area contributed by atoms with Gasteiger partial charge in [0.05, 0.1) is 41.7 Å². The van der Waals surface area contributed by atoms with Crippen LogP contribution >= 0.6 is 11.3 Å². The maximum absolute atomic E-state index is 13.7. The van der Waals surface area contributed by atoms with Crippen molar-refractivity contribution in [1.29, 1.82) is 0 Å². The molecular weight excluding hydrogens is 476 g/mol. The highest BCUT2D eigenvalue weighted by atomic mass is 32.1. The quantitative estimate of drug-likeness (QED) is 0.454. The van der Waals surface area contributed by atoms with Gasteiger partial charge in [0.25, 0.3) is 5.56 Å². The molecule has 1 aliphatic heterocycles. The molecule has 0 spiro atoms. The number of allylic oxidation sites excluding steroid dienone is 1. The average Bonchev–Trinajstić information content (AvgIpc) is 3.14. The molecule has 7 nitrogen and oxygen atoms in total. The van der Waals surface area contributed by atoms with Gasteiger partial charge in [-0.05, 0) is 75.6 Å². The number of aryl methyl sites for hydroxylation is 1. The van der Waals surface area contributed by atoms with Crippen LogP contribution < -0.4 is 24.4 Å². The zero-order valence-electron chi connectivity index (χ0n) is 21.3. The summed E-state index contributed by atoms with van der Waals surface area (Å²) in [6.07, 6.45) is 1.52. The number of rotatable bonds is 7. The van der Waals surface area contributed by atoms with E-state index in [-0.39, 0.29) is 11.7 Å². The van der Waals surface area contributed by atoms with Gasteiger partial charge in [0, 0.05) is 0 Å². The normalized spacial score (nSPS) is 15.5. The minimum absolute atomic E-state index is 0.223. The van der Waals surface area contributed by atoms with Crippen molar-refractivity contribution in [2.24, 2.45) is 4.99 Å². The minimum Gasteiger partial charge on any atom is -0.496 e. The lowest BCUT2D eigenvalue weighted by Crippen LogP contribution is -2.40. The second-order valence-electron chi connectivity index (χ2n) is 8.77. The fourth-order valence-electron chi connectivity index (χ4n) is 4.17. The molecule has 0 aliphatic carbocycles. The zero-order valence-corrected chi connectivity index (χ0v) is 22.1. The molecule has 0 unspecified atom stereocenters. The summed E-state index contributed by atoms with van der Waals surface area (Å²) in [7, 11) is 1.62. The molecule has 0 N–H and O–H groups in total. The molecule has 0 radical (unpaired) electrons. The molecule has 0 saturated heterocycles. The Hall–Kier alpha value is -3.65. The summed E-state index contributed by atoms with van der Waals surface area (Å²) < 4.78 is 18.7. The van der Waals surface area contributed by atoms with Crippen molar-refractivity contribution in [2.45, 2.75) is 46.8 Å². The fourth-order valence-corrected chi connectivity index (χ4v) is 5.21. The van der Waals surface area contributed by atoms with Crippen molar-refractivity contribution in [2.75, 3.05) is 13.7 Å². The number of nitrogens with zero attached hydrogens (tertiary/aromatic N) is 2. The van der Waals surface area contributed by atoms with Crippen molar-refractivity contribution in [3.63, 3.8) is 0 Å². The lowest BCUT2D eigenvalue weighted by molar-refractivity contribution is -0.143.